The van der Waals surface area contributed by atoms with E-state index in [9.17, 15) is 21.6 Å². The van der Waals surface area contributed by atoms with Crippen LogP contribution in [0.5, 0.6) is 5.75 Å². The van der Waals surface area contributed by atoms with Gasteiger partial charge in [-0.1, -0.05) is 0 Å². The minimum Gasteiger partial charge on any atom is -0.379 e. The van der Waals surface area contributed by atoms with Gasteiger partial charge >= 0.3 is 15.6 Å². The molecule has 0 bridgehead atoms. The molecule has 2 aromatic rings. The fourth-order valence-corrected chi connectivity index (χ4v) is 3.01. The SMILES string of the molecule is CN(c1cnc2ccc(OS(=O)(=O)C(F)(F)F)cc2c1)C1CCOC1. The second-order valence-electron chi connectivity index (χ2n) is 5.66. The molecule has 136 valence electrons. The van der Waals surface area contributed by atoms with Crippen LogP contribution in [-0.4, -0.2) is 45.2 Å². The highest BCUT2D eigenvalue weighted by Crippen LogP contribution is 2.30. The van der Waals surface area contributed by atoms with E-state index in [1.165, 1.54) is 12.1 Å². The number of alkyl halides is 3. The first-order valence-electron chi connectivity index (χ1n) is 7.38. The van der Waals surface area contributed by atoms with Gasteiger partial charge in [-0.2, -0.15) is 21.6 Å². The van der Waals surface area contributed by atoms with E-state index >= 15 is 0 Å². The molecule has 1 atom stereocenters. The number of rotatable bonds is 4. The summed E-state index contributed by atoms with van der Waals surface area (Å²) in [5, 5.41) is 0.470. The summed E-state index contributed by atoms with van der Waals surface area (Å²) >= 11 is 0. The Labute approximate surface area is 142 Å². The monoisotopic (exact) mass is 376 g/mol. The largest absolute Gasteiger partial charge is 0.534 e. The van der Waals surface area contributed by atoms with E-state index in [0.717, 1.165) is 18.2 Å². The van der Waals surface area contributed by atoms with Crippen molar-refractivity contribution in [3.8, 4) is 5.75 Å². The van der Waals surface area contributed by atoms with E-state index < -0.39 is 21.4 Å². The molecule has 1 aromatic heterocycles. The van der Waals surface area contributed by atoms with Crippen molar-refractivity contribution in [1.29, 1.82) is 0 Å². The van der Waals surface area contributed by atoms with Crippen LogP contribution in [0.25, 0.3) is 10.9 Å². The van der Waals surface area contributed by atoms with E-state index in [1.807, 2.05) is 11.9 Å². The van der Waals surface area contributed by atoms with Gasteiger partial charge in [-0.3, -0.25) is 4.98 Å². The molecule has 1 saturated heterocycles. The van der Waals surface area contributed by atoms with Crippen LogP contribution in [0.15, 0.2) is 30.5 Å². The summed E-state index contributed by atoms with van der Waals surface area (Å²) in [6, 6.07) is 5.65. The predicted octanol–water partition coefficient (Wildman–Crippen LogP) is 2.69. The third-order valence-electron chi connectivity index (χ3n) is 3.99. The maximum Gasteiger partial charge on any atom is 0.534 e. The number of aromatic nitrogens is 1. The van der Waals surface area contributed by atoms with Gasteiger partial charge in [0.1, 0.15) is 5.75 Å². The van der Waals surface area contributed by atoms with Crippen LogP contribution in [0, 0.1) is 0 Å². The standard InChI is InChI=1S/C15H15F3N2O4S/c1-20(11-4-5-23-9-11)12-6-10-7-13(2-3-14(10)19-8-12)24-25(21,22)15(16,17)18/h2-3,6-8,11H,4-5,9H2,1H3. The third kappa shape index (κ3) is 3.64. The number of benzene rings is 1. The van der Waals surface area contributed by atoms with Crippen LogP contribution in [0.1, 0.15) is 6.42 Å². The quantitative estimate of drug-likeness (QED) is 0.604. The summed E-state index contributed by atoms with van der Waals surface area (Å²) in [6.07, 6.45) is 2.51. The zero-order valence-corrected chi connectivity index (χ0v) is 14.0. The van der Waals surface area contributed by atoms with Crippen LogP contribution in [-0.2, 0) is 14.9 Å². The zero-order valence-electron chi connectivity index (χ0n) is 13.2. The van der Waals surface area contributed by atoms with Crippen LogP contribution >= 0.6 is 0 Å². The molecule has 0 spiro atoms. The Morgan fingerprint density at radius 2 is 2.08 bits per heavy atom. The number of anilines is 1. The minimum absolute atomic E-state index is 0.185. The lowest BCUT2D eigenvalue weighted by molar-refractivity contribution is -0.0500. The average Bonchev–Trinajstić information content (AvgIpc) is 3.06. The van der Waals surface area contributed by atoms with Crippen molar-refractivity contribution in [3.05, 3.63) is 30.5 Å². The number of pyridine rings is 1. The third-order valence-corrected chi connectivity index (χ3v) is 4.97. The predicted molar refractivity (Wildman–Crippen MR) is 85.0 cm³/mol. The molecule has 1 fully saturated rings. The lowest BCUT2D eigenvalue weighted by Gasteiger charge is -2.25. The summed E-state index contributed by atoms with van der Waals surface area (Å²) < 4.78 is 69.0. The molecule has 1 aromatic carbocycles. The van der Waals surface area contributed by atoms with Crippen molar-refractivity contribution in [3.63, 3.8) is 0 Å². The van der Waals surface area contributed by atoms with Gasteiger partial charge in [-0.25, -0.2) is 0 Å². The molecule has 3 rings (SSSR count). The number of fused-ring (bicyclic) bond motifs is 1. The van der Waals surface area contributed by atoms with Crippen molar-refractivity contribution in [2.45, 2.75) is 18.0 Å². The molecule has 25 heavy (non-hydrogen) atoms. The van der Waals surface area contributed by atoms with Crippen LogP contribution in [0.4, 0.5) is 18.9 Å². The molecular weight excluding hydrogens is 361 g/mol. The van der Waals surface area contributed by atoms with E-state index in [-0.39, 0.29) is 6.04 Å². The molecule has 0 saturated carbocycles. The van der Waals surface area contributed by atoms with Crippen molar-refractivity contribution in [1.82, 2.24) is 4.98 Å². The van der Waals surface area contributed by atoms with Gasteiger partial charge in [0.25, 0.3) is 0 Å². The summed E-state index contributed by atoms with van der Waals surface area (Å²) in [5.41, 5.74) is -4.22. The van der Waals surface area contributed by atoms with Crippen LogP contribution in [0.3, 0.4) is 0 Å². The Morgan fingerprint density at radius 3 is 2.72 bits per heavy atom. The van der Waals surface area contributed by atoms with Crippen molar-refractivity contribution in [2.24, 2.45) is 0 Å². The van der Waals surface area contributed by atoms with E-state index in [4.69, 9.17) is 4.74 Å². The first-order chi connectivity index (χ1) is 11.7. The lowest BCUT2D eigenvalue weighted by Crippen LogP contribution is -2.31. The van der Waals surface area contributed by atoms with Gasteiger partial charge in [-0.15, -0.1) is 0 Å². The Bertz CT molecular complexity index is 880. The van der Waals surface area contributed by atoms with Gasteiger partial charge in [-0.05, 0) is 30.7 Å². The molecule has 1 aliphatic rings. The highest BCUT2D eigenvalue weighted by Gasteiger charge is 2.48. The van der Waals surface area contributed by atoms with Crippen molar-refractivity contribution in [2.75, 3.05) is 25.2 Å². The molecule has 1 aliphatic heterocycles. The summed E-state index contributed by atoms with van der Waals surface area (Å²) in [5.74, 6) is -0.421. The highest BCUT2D eigenvalue weighted by atomic mass is 32.2. The molecule has 2 heterocycles. The van der Waals surface area contributed by atoms with Gasteiger partial charge in [0.05, 0.1) is 30.0 Å². The Balaban J connectivity index is 1.91. The lowest BCUT2D eigenvalue weighted by atomic mass is 10.1. The maximum atomic E-state index is 12.4. The molecule has 10 heteroatoms. The minimum atomic E-state index is -5.71. The molecule has 0 radical (unpaired) electrons. The first kappa shape index (κ1) is 17.7. The van der Waals surface area contributed by atoms with Crippen LogP contribution in [0.2, 0.25) is 0 Å². The second-order valence-corrected chi connectivity index (χ2v) is 7.20. The van der Waals surface area contributed by atoms with Crippen LogP contribution < -0.4 is 9.08 Å². The molecule has 0 amide bonds. The first-order valence-corrected chi connectivity index (χ1v) is 8.79. The second kappa shape index (κ2) is 6.34. The van der Waals surface area contributed by atoms with Crippen molar-refractivity contribution >= 4 is 26.7 Å². The molecular formula is C15H15F3N2O4S. The fraction of sp³-hybridized carbons (Fsp3) is 0.400. The maximum absolute atomic E-state index is 12.4. The Hall–Kier alpha value is -2.07. The smallest absolute Gasteiger partial charge is 0.379 e. The molecule has 1 unspecified atom stereocenters. The van der Waals surface area contributed by atoms with Crippen molar-refractivity contribution < 1.29 is 30.5 Å². The van der Waals surface area contributed by atoms with Gasteiger partial charge in [0.2, 0.25) is 0 Å². The number of halogens is 3. The fourth-order valence-electron chi connectivity index (χ4n) is 2.56. The number of nitrogens with zero attached hydrogens (tertiary/aromatic N) is 2. The van der Waals surface area contributed by atoms with E-state index in [1.54, 1.807) is 12.3 Å². The molecule has 6 nitrogen and oxygen atoms in total. The summed E-state index contributed by atoms with van der Waals surface area (Å²) in [6.45, 7) is 1.25. The number of likely N-dealkylation sites (N-methyl/N-ethyl adjacent to an activating group) is 1. The molecule has 0 aliphatic carbocycles. The Morgan fingerprint density at radius 1 is 1.32 bits per heavy atom. The highest BCUT2D eigenvalue weighted by molar-refractivity contribution is 7.88. The number of ether oxygens (including phenoxy) is 1. The summed E-state index contributed by atoms with van der Waals surface area (Å²) in [4.78, 5) is 6.22. The van der Waals surface area contributed by atoms with Gasteiger partial charge in [0, 0.05) is 19.0 Å². The Kier molecular flexibility index (Phi) is 4.50. The average molecular weight is 376 g/mol. The normalized spacial score (nSPS) is 18.5. The van der Waals surface area contributed by atoms with E-state index in [0.29, 0.717) is 24.1 Å². The summed E-state index contributed by atoms with van der Waals surface area (Å²) in [7, 11) is -3.83. The van der Waals surface area contributed by atoms with E-state index in [2.05, 4.69) is 9.17 Å². The molecule has 0 N–H and O–H groups in total. The van der Waals surface area contributed by atoms with Gasteiger partial charge < -0.3 is 13.8 Å². The van der Waals surface area contributed by atoms with Gasteiger partial charge in [0.15, 0.2) is 0 Å². The number of hydrogen-bond donors (Lipinski definition) is 0. The number of hydrogen-bond acceptors (Lipinski definition) is 6. The topological polar surface area (TPSA) is 68.7 Å². The zero-order chi connectivity index (χ0) is 18.2.